The van der Waals surface area contributed by atoms with E-state index in [0.717, 1.165) is 35.2 Å². The van der Waals surface area contributed by atoms with Crippen molar-refractivity contribution in [1.82, 2.24) is 4.98 Å². The fourth-order valence-electron chi connectivity index (χ4n) is 1.76. The predicted octanol–water partition coefficient (Wildman–Crippen LogP) is 3.03. The number of rotatable bonds is 4. The standard InChI is InChI=1S/C13H17N3/c1-2-3-8-15-13-11-5-4-6-12(14)10(11)7-9-16-13/h4-7,9H,2-3,8,14H2,1H3,(H,15,16). The Kier molecular flexibility index (Phi) is 3.25. The van der Waals surface area contributed by atoms with Crippen LogP contribution in [0.3, 0.4) is 0 Å². The fourth-order valence-corrected chi connectivity index (χ4v) is 1.76. The Morgan fingerprint density at radius 1 is 1.25 bits per heavy atom. The van der Waals surface area contributed by atoms with Gasteiger partial charge < -0.3 is 11.1 Å². The van der Waals surface area contributed by atoms with Gasteiger partial charge in [0.25, 0.3) is 0 Å². The zero-order valence-electron chi connectivity index (χ0n) is 9.53. The molecule has 0 unspecified atom stereocenters. The molecule has 0 atom stereocenters. The number of unbranched alkanes of at least 4 members (excludes halogenated alkanes) is 1. The lowest BCUT2D eigenvalue weighted by atomic mass is 10.1. The van der Waals surface area contributed by atoms with E-state index in [9.17, 15) is 0 Å². The number of pyridine rings is 1. The molecule has 0 bridgehead atoms. The van der Waals surface area contributed by atoms with Crippen molar-refractivity contribution in [1.29, 1.82) is 0 Å². The van der Waals surface area contributed by atoms with Crippen molar-refractivity contribution in [3.05, 3.63) is 30.5 Å². The lowest BCUT2D eigenvalue weighted by molar-refractivity contribution is 0.832. The minimum Gasteiger partial charge on any atom is -0.398 e. The van der Waals surface area contributed by atoms with Crippen molar-refractivity contribution in [3.8, 4) is 0 Å². The summed E-state index contributed by atoms with van der Waals surface area (Å²) in [6, 6.07) is 7.88. The molecule has 1 aromatic carbocycles. The van der Waals surface area contributed by atoms with E-state index in [2.05, 4.69) is 17.2 Å². The maximum atomic E-state index is 5.92. The third-order valence-corrected chi connectivity index (χ3v) is 2.66. The number of hydrogen-bond donors (Lipinski definition) is 2. The van der Waals surface area contributed by atoms with Gasteiger partial charge in [0.15, 0.2) is 0 Å². The van der Waals surface area contributed by atoms with Crippen LogP contribution in [0.15, 0.2) is 30.5 Å². The molecule has 2 rings (SSSR count). The van der Waals surface area contributed by atoms with Crippen LogP contribution in [0.4, 0.5) is 11.5 Å². The zero-order valence-corrected chi connectivity index (χ0v) is 9.53. The molecule has 3 N–H and O–H groups in total. The van der Waals surface area contributed by atoms with Crippen molar-refractivity contribution in [2.24, 2.45) is 0 Å². The molecule has 0 aliphatic carbocycles. The molecule has 0 spiro atoms. The van der Waals surface area contributed by atoms with Crippen LogP contribution in [0, 0.1) is 0 Å². The molecule has 0 aliphatic heterocycles. The minimum atomic E-state index is 0.804. The molecule has 3 heteroatoms. The Hall–Kier alpha value is -1.77. The molecule has 2 aromatic rings. The highest BCUT2D eigenvalue weighted by Gasteiger charge is 2.02. The van der Waals surface area contributed by atoms with Crippen LogP contribution in [0.2, 0.25) is 0 Å². The zero-order chi connectivity index (χ0) is 11.4. The lowest BCUT2D eigenvalue weighted by Gasteiger charge is -2.09. The molecule has 3 nitrogen and oxygen atoms in total. The van der Waals surface area contributed by atoms with Crippen molar-refractivity contribution >= 4 is 22.3 Å². The van der Waals surface area contributed by atoms with Gasteiger partial charge in [0.05, 0.1) is 0 Å². The normalized spacial score (nSPS) is 10.6. The molecule has 84 valence electrons. The number of nitrogens with zero attached hydrogens (tertiary/aromatic N) is 1. The quantitative estimate of drug-likeness (QED) is 0.609. The highest BCUT2D eigenvalue weighted by molar-refractivity contribution is 5.99. The fraction of sp³-hybridized carbons (Fsp3) is 0.308. The average Bonchev–Trinajstić information content (AvgIpc) is 2.31. The summed E-state index contributed by atoms with van der Waals surface area (Å²) >= 11 is 0. The van der Waals surface area contributed by atoms with Gasteiger partial charge in [-0.05, 0) is 18.6 Å². The minimum absolute atomic E-state index is 0.804. The molecule has 1 heterocycles. The summed E-state index contributed by atoms with van der Waals surface area (Å²) in [5.74, 6) is 0.929. The van der Waals surface area contributed by atoms with Crippen LogP contribution in [0.1, 0.15) is 19.8 Å². The molecule has 16 heavy (non-hydrogen) atoms. The van der Waals surface area contributed by atoms with E-state index in [1.807, 2.05) is 24.3 Å². The third kappa shape index (κ3) is 2.08. The highest BCUT2D eigenvalue weighted by Crippen LogP contribution is 2.25. The van der Waals surface area contributed by atoms with E-state index in [1.165, 1.54) is 6.42 Å². The summed E-state index contributed by atoms with van der Waals surface area (Å²) < 4.78 is 0. The van der Waals surface area contributed by atoms with E-state index in [4.69, 9.17) is 5.73 Å². The second-order valence-electron chi connectivity index (χ2n) is 3.88. The van der Waals surface area contributed by atoms with Crippen molar-refractivity contribution < 1.29 is 0 Å². The van der Waals surface area contributed by atoms with Gasteiger partial charge in [0.2, 0.25) is 0 Å². The van der Waals surface area contributed by atoms with Crippen molar-refractivity contribution in [2.75, 3.05) is 17.6 Å². The van der Waals surface area contributed by atoms with Crippen LogP contribution in [0.5, 0.6) is 0 Å². The Bertz CT molecular complexity index is 480. The van der Waals surface area contributed by atoms with E-state index >= 15 is 0 Å². The molecular formula is C13H17N3. The first-order chi connectivity index (χ1) is 7.83. The molecule has 1 aromatic heterocycles. The van der Waals surface area contributed by atoms with Crippen molar-refractivity contribution in [2.45, 2.75) is 19.8 Å². The van der Waals surface area contributed by atoms with Crippen LogP contribution >= 0.6 is 0 Å². The Balaban J connectivity index is 2.34. The van der Waals surface area contributed by atoms with Crippen LogP contribution in [0.25, 0.3) is 10.8 Å². The number of fused-ring (bicyclic) bond motifs is 1. The molecule has 0 aliphatic rings. The van der Waals surface area contributed by atoms with Gasteiger partial charge in [-0.25, -0.2) is 4.98 Å². The number of nitrogen functional groups attached to an aromatic ring is 1. The summed E-state index contributed by atoms with van der Waals surface area (Å²) in [7, 11) is 0. The summed E-state index contributed by atoms with van der Waals surface area (Å²) in [5, 5.41) is 5.51. The Morgan fingerprint density at radius 2 is 2.12 bits per heavy atom. The molecule has 0 saturated carbocycles. The van der Waals surface area contributed by atoms with Gasteiger partial charge in [-0.1, -0.05) is 25.5 Å². The van der Waals surface area contributed by atoms with Gasteiger partial charge in [-0.2, -0.15) is 0 Å². The SMILES string of the molecule is CCCCNc1nccc2c(N)cccc12. The summed E-state index contributed by atoms with van der Waals surface area (Å²) in [4.78, 5) is 4.35. The number of anilines is 2. The molecular weight excluding hydrogens is 198 g/mol. The van der Waals surface area contributed by atoms with E-state index < -0.39 is 0 Å². The van der Waals surface area contributed by atoms with Crippen LogP contribution < -0.4 is 11.1 Å². The predicted molar refractivity (Wildman–Crippen MR) is 69.6 cm³/mol. The second kappa shape index (κ2) is 4.84. The monoisotopic (exact) mass is 215 g/mol. The number of hydrogen-bond acceptors (Lipinski definition) is 3. The molecule has 0 saturated heterocycles. The smallest absolute Gasteiger partial charge is 0.133 e. The lowest BCUT2D eigenvalue weighted by Crippen LogP contribution is -2.03. The topological polar surface area (TPSA) is 50.9 Å². The molecule has 0 amide bonds. The Morgan fingerprint density at radius 3 is 2.94 bits per heavy atom. The van der Waals surface area contributed by atoms with Gasteiger partial charge in [0.1, 0.15) is 5.82 Å². The number of nitrogens with two attached hydrogens (primary N) is 1. The van der Waals surface area contributed by atoms with E-state index in [0.29, 0.717) is 0 Å². The summed E-state index contributed by atoms with van der Waals surface area (Å²) in [5.41, 5.74) is 6.73. The second-order valence-corrected chi connectivity index (χ2v) is 3.88. The number of aromatic nitrogens is 1. The first-order valence-corrected chi connectivity index (χ1v) is 5.70. The first kappa shape index (κ1) is 10.7. The number of nitrogens with one attached hydrogen (secondary N) is 1. The van der Waals surface area contributed by atoms with E-state index in [-0.39, 0.29) is 0 Å². The average molecular weight is 215 g/mol. The maximum absolute atomic E-state index is 5.92. The van der Waals surface area contributed by atoms with Gasteiger partial charge in [-0.15, -0.1) is 0 Å². The van der Waals surface area contributed by atoms with Crippen LogP contribution in [-0.2, 0) is 0 Å². The Labute approximate surface area is 95.7 Å². The van der Waals surface area contributed by atoms with Gasteiger partial charge in [-0.3, -0.25) is 0 Å². The van der Waals surface area contributed by atoms with Crippen LogP contribution in [-0.4, -0.2) is 11.5 Å². The highest BCUT2D eigenvalue weighted by atomic mass is 15.0. The maximum Gasteiger partial charge on any atom is 0.133 e. The van der Waals surface area contributed by atoms with Crippen molar-refractivity contribution in [3.63, 3.8) is 0 Å². The first-order valence-electron chi connectivity index (χ1n) is 5.70. The summed E-state index contributed by atoms with van der Waals surface area (Å²) in [6.45, 7) is 3.13. The number of benzene rings is 1. The summed E-state index contributed by atoms with van der Waals surface area (Å²) in [6.07, 6.45) is 4.13. The molecule has 0 fully saturated rings. The largest absolute Gasteiger partial charge is 0.398 e. The third-order valence-electron chi connectivity index (χ3n) is 2.66. The van der Waals surface area contributed by atoms with Gasteiger partial charge >= 0.3 is 0 Å². The molecule has 0 radical (unpaired) electrons. The van der Waals surface area contributed by atoms with Gasteiger partial charge in [0, 0.05) is 29.2 Å². The van der Waals surface area contributed by atoms with E-state index in [1.54, 1.807) is 6.20 Å².